The van der Waals surface area contributed by atoms with Crippen LogP contribution in [0.1, 0.15) is 27.0 Å². The van der Waals surface area contributed by atoms with Crippen LogP contribution in [-0.2, 0) is 19.4 Å². The number of methoxy groups -OCH3 is 1. The maximum absolute atomic E-state index is 14.0. The second kappa shape index (κ2) is 9.01. The summed E-state index contributed by atoms with van der Waals surface area (Å²) in [6.45, 7) is 0.569. The van der Waals surface area contributed by atoms with Gasteiger partial charge in [-0.05, 0) is 75.7 Å². The summed E-state index contributed by atoms with van der Waals surface area (Å²) in [4.78, 5) is 16.1. The molecule has 1 aromatic heterocycles. The normalized spacial score (nSPS) is 13.0. The fraction of sp³-hybridized carbons (Fsp3) is 0.179. The van der Waals surface area contributed by atoms with Crippen LogP contribution in [0.5, 0.6) is 5.75 Å². The summed E-state index contributed by atoms with van der Waals surface area (Å²) in [5.41, 5.74) is 6.64. The molecule has 1 aliphatic carbocycles. The van der Waals surface area contributed by atoms with Crippen LogP contribution >= 0.6 is 11.3 Å². The maximum Gasteiger partial charge on any atom is 0.255 e. The number of amides is 1. The van der Waals surface area contributed by atoms with Crippen LogP contribution in [0, 0.1) is 0 Å². The third-order valence-corrected chi connectivity index (χ3v) is 6.92. The van der Waals surface area contributed by atoms with Crippen molar-refractivity contribution in [2.24, 2.45) is 0 Å². The highest BCUT2D eigenvalue weighted by Crippen LogP contribution is 2.31. The molecule has 5 rings (SSSR count). The van der Waals surface area contributed by atoms with E-state index in [1.54, 1.807) is 18.4 Å². The van der Waals surface area contributed by atoms with Crippen LogP contribution in [0.25, 0.3) is 11.1 Å². The lowest BCUT2D eigenvalue weighted by Crippen LogP contribution is -2.40. The van der Waals surface area contributed by atoms with Crippen molar-refractivity contribution in [1.82, 2.24) is 4.90 Å². The molecule has 0 N–H and O–H groups in total. The van der Waals surface area contributed by atoms with Crippen molar-refractivity contribution in [3.63, 3.8) is 0 Å². The predicted octanol–water partition coefficient (Wildman–Crippen LogP) is 6.23. The van der Waals surface area contributed by atoms with Crippen LogP contribution in [0.15, 0.2) is 89.6 Å². The van der Waals surface area contributed by atoms with Crippen LogP contribution in [0.2, 0.25) is 0 Å². The number of benzene rings is 3. The average molecular weight is 440 g/mol. The minimum absolute atomic E-state index is 0.0837. The predicted molar refractivity (Wildman–Crippen MR) is 130 cm³/mol. The molecule has 0 saturated heterocycles. The summed E-state index contributed by atoms with van der Waals surface area (Å²) < 4.78 is 5.31. The number of ether oxygens (including phenoxy) is 1. The first kappa shape index (κ1) is 20.5. The number of carbonyl (C=O) groups is 1. The van der Waals surface area contributed by atoms with Crippen molar-refractivity contribution in [1.29, 1.82) is 0 Å². The van der Waals surface area contributed by atoms with Crippen molar-refractivity contribution in [2.45, 2.75) is 25.4 Å². The third-order valence-electron chi connectivity index (χ3n) is 6.23. The molecule has 3 aromatic carbocycles. The Balaban J connectivity index is 1.50. The minimum Gasteiger partial charge on any atom is -0.497 e. The Morgan fingerprint density at radius 1 is 0.938 bits per heavy atom. The van der Waals surface area contributed by atoms with E-state index in [0.29, 0.717) is 6.54 Å². The van der Waals surface area contributed by atoms with Gasteiger partial charge in [-0.25, -0.2) is 0 Å². The van der Waals surface area contributed by atoms with Gasteiger partial charge in [-0.2, -0.15) is 11.3 Å². The summed E-state index contributed by atoms with van der Waals surface area (Å²) in [5, 5.41) is 4.16. The molecule has 0 atom stereocenters. The van der Waals surface area contributed by atoms with Gasteiger partial charge in [-0.3, -0.25) is 4.79 Å². The Hall–Kier alpha value is -3.37. The minimum atomic E-state index is 0.0837. The van der Waals surface area contributed by atoms with Crippen LogP contribution in [0.4, 0.5) is 0 Å². The zero-order valence-electron chi connectivity index (χ0n) is 18.0. The topological polar surface area (TPSA) is 29.5 Å². The van der Waals surface area contributed by atoms with Gasteiger partial charge in [0.25, 0.3) is 5.91 Å². The summed E-state index contributed by atoms with van der Waals surface area (Å²) in [5.74, 6) is 0.906. The number of fused-ring (bicyclic) bond motifs is 1. The molecule has 0 fully saturated rings. The zero-order chi connectivity index (χ0) is 21.9. The van der Waals surface area contributed by atoms with Gasteiger partial charge in [0.1, 0.15) is 5.75 Å². The smallest absolute Gasteiger partial charge is 0.255 e. The Morgan fingerprint density at radius 2 is 1.62 bits per heavy atom. The van der Waals surface area contributed by atoms with E-state index in [-0.39, 0.29) is 11.9 Å². The van der Waals surface area contributed by atoms with E-state index in [1.165, 1.54) is 11.1 Å². The SMILES string of the molecule is COc1ccc(CN(C(=O)c2ccccc2-c2ccsc2)C2Cc3ccccc3C2)cc1. The highest BCUT2D eigenvalue weighted by molar-refractivity contribution is 7.08. The molecule has 1 heterocycles. The molecule has 4 aromatic rings. The van der Waals surface area contributed by atoms with Crippen LogP contribution in [0.3, 0.4) is 0 Å². The largest absolute Gasteiger partial charge is 0.497 e. The second-order valence-corrected chi connectivity index (χ2v) is 8.95. The van der Waals surface area contributed by atoms with Gasteiger partial charge in [-0.1, -0.05) is 54.6 Å². The lowest BCUT2D eigenvalue weighted by Gasteiger charge is -2.30. The van der Waals surface area contributed by atoms with Crippen molar-refractivity contribution in [3.05, 3.63) is 112 Å². The molecule has 160 valence electrons. The van der Waals surface area contributed by atoms with Gasteiger partial charge in [-0.15, -0.1) is 0 Å². The Labute approximate surface area is 192 Å². The standard InChI is InChI=1S/C28H25NO2S/c1-31-25-12-10-20(11-13-25)18-29(24-16-21-6-2-3-7-22(21)17-24)28(30)27-9-5-4-8-26(27)23-14-15-32-19-23/h2-15,19,24H,16-18H2,1H3. The molecule has 0 bridgehead atoms. The van der Waals surface area contributed by atoms with E-state index < -0.39 is 0 Å². The van der Waals surface area contributed by atoms with E-state index in [4.69, 9.17) is 4.74 Å². The van der Waals surface area contributed by atoms with Gasteiger partial charge in [0.15, 0.2) is 0 Å². The van der Waals surface area contributed by atoms with E-state index in [0.717, 1.165) is 40.8 Å². The summed E-state index contributed by atoms with van der Waals surface area (Å²) in [7, 11) is 1.67. The molecule has 0 unspecified atom stereocenters. The molecular weight excluding hydrogens is 414 g/mol. The van der Waals surface area contributed by atoms with E-state index in [1.807, 2.05) is 48.5 Å². The van der Waals surface area contributed by atoms with Crippen molar-refractivity contribution < 1.29 is 9.53 Å². The highest BCUT2D eigenvalue weighted by Gasteiger charge is 2.31. The lowest BCUT2D eigenvalue weighted by atomic mass is 9.99. The summed E-state index contributed by atoms with van der Waals surface area (Å²) in [6.07, 6.45) is 1.78. The third kappa shape index (κ3) is 4.06. The quantitative estimate of drug-likeness (QED) is 0.356. The maximum atomic E-state index is 14.0. The number of thiophene rings is 1. The summed E-state index contributed by atoms with van der Waals surface area (Å²) >= 11 is 1.65. The number of nitrogens with zero attached hydrogens (tertiary/aromatic N) is 1. The monoisotopic (exact) mass is 439 g/mol. The Kier molecular flexibility index (Phi) is 5.78. The number of hydrogen-bond donors (Lipinski definition) is 0. The molecule has 1 amide bonds. The first-order chi connectivity index (χ1) is 15.7. The fourth-order valence-corrected chi connectivity index (χ4v) is 5.20. The molecule has 32 heavy (non-hydrogen) atoms. The molecule has 4 heteroatoms. The van der Waals surface area contributed by atoms with Gasteiger partial charge >= 0.3 is 0 Å². The first-order valence-electron chi connectivity index (χ1n) is 10.8. The molecule has 0 radical (unpaired) electrons. The molecule has 0 spiro atoms. The van der Waals surface area contributed by atoms with E-state index in [9.17, 15) is 4.79 Å². The zero-order valence-corrected chi connectivity index (χ0v) is 18.8. The highest BCUT2D eigenvalue weighted by atomic mass is 32.1. The number of carbonyl (C=O) groups excluding carboxylic acids is 1. The van der Waals surface area contributed by atoms with E-state index >= 15 is 0 Å². The van der Waals surface area contributed by atoms with Gasteiger partial charge in [0.05, 0.1) is 7.11 Å². The van der Waals surface area contributed by atoms with Crippen LogP contribution in [-0.4, -0.2) is 24.0 Å². The van der Waals surface area contributed by atoms with Gasteiger partial charge < -0.3 is 9.64 Å². The first-order valence-corrected chi connectivity index (χ1v) is 11.8. The number of rotatable bonds is 6. The Morgan fingerprint density at radius 3 is 2.28 bits per heavy atom. The Bertz CT molecular complexity index is 1190. The molecule has 3 nitrogen and oxygen atoms in total. The lowest BCUT2D eigenvalue weighted by molar-refractivity contribution is 0.0668. The summed E-state index contributed by atoms with van der Waals surface area (Å²) in [6, 6.07) is 26.7. The average Bonchev–Trinajstić information content (AvgIpc) is 3.52. The van der Waals surface area contributed by atoms with Crippen molar-refractivity contribution in [3.8, 4) is 16.9 Å². The van der Waals surface area contributed by atoms with Gasteiger partial charge in [0, 0.05) is 18.2 Å². The number of hydrogen-bond acceptors (Lipinski definition) is 3. The molecular formula is C28H25NO2S. The fourth-order valence-electron chi connectivity index (χ4n) is 4.54. The molecule has 0 saturated carbocycles. The molecule has 1 aliphatic rings. The van der Waals surface area contributed by atoms with Crippen molar-refractivity contribution in [2.75, 3.05) is 7.11 Å². The van der Waals surface area contributed by atoms with Crippen LogP contribution < -0.4 is 4.74 Å². The molecule has 0 aliphatic heterocycles. The second-order valence-electron chi connectivity index (χ2n) is 8.17. The van der Waals surface area contributed by atoms with E-state index in [2.05, 4.69) is 46.0 Å². The van der Waals surface area contributed by atoms with Crippen molar-refractivity contribution >= 4 is 17.2 Å². The van der Waals surface area contributed by atoms with Gasteiger partial charge in [0.2, 0.25) is 0 Å².